The molecule has 22 heteroatoms. The van der Waals surface area contributed by atoms with Crippen LogP contribution in [-0.2, 0) is 28.2 Å². The van der Waals surface area contributed by atoms with E-state index in [4.69, 9.17) is 11.6 Å². The number of aromatic nitrogens is 4. The molecular weight excluding hydrogens is 706 g/mol. The van der Waals surface area contributed by atoms with Crippen LogP contribution in [0.2, 0.25) is 5.02 Å². The van der Waals surface area contributed by atoms with Crippen molar-refractivity contribution in [2.75, 3.05) is 17.3 Å². The lowest BCUT2D eigenvalue weighted by atomic mass is 10.0. The lowest BCUT2D eigenvalue weighted by Gasteiger charge is -2.23. The molecule has 0 unspecified atom stereocenters. The van der Waals surface area contributed by atoms with E-state index in [1.807, 2.05) is 0 Å². The van der Waals surface area contributed by atoms with Crippen molar-refractivity contribution in [1.82, 2.24) is 25.1 Å². The summed E-state index contributed by atoms with van der Waals surface area (Å²) < 4.78 is 156. The molecule has 47 heavy (non-hydrogen) atoms. The molecule has 0 fully saturated rings. The molecular formula is C25H21ClF10N6O4S. The molecule has 2 N–H and O–H groups in total. The highest BCUT2D eigenvalue weighted by atomic mass is 35.5. The van der Waals surface area contributed by atoms with E-state index >= 15 is 0 Å². The number of nitrogens with one attached hydrogen (secondary N) is 2. The summed E-state index contributed by atoms with van der Waals surface area (Å²) in [4.78, 5) is 33.5. The zero-order chi connectivity index (χ0) is 35.9. The highest BCUT2D eigenvalue weighted by molar-refractivity contribution is 7.90. The largest absolute Gasteiger partial charge is 0.459 e. The van der Waals surface area contributed by atoms with Crippen molar-refractivity contribution in [3.63, 3.8) is 0 Å². The van der Waals surface area contributed by atoms with Gasteiger partial charge in [0, 0.05) is 18.5 Å². The van der Waals surface area contributed by atoms with Gasteiger partial charge in [-0.3, -0.25) is 14.3 Å². The molecule has 3 rings (SSSR count). The van der Waals surface area contributed by atoms with Crippen molar-refractivity contribution in [3.8, 4) is 0 Å². The van der Waals surface area contributed by atoms with Gasteiger partial charge in [0.15, 0.2) is 5.69 Å². The molecule has 2 aromatic heterocycles. The number of amides is 2. The summed E-state index contributed by atoms with van der Waals surface area (Å²) in [5.41, 5.74) is -6.52. The lowest BCUT2D eigenvalue weighted by molar-refractivity contribution is -0.302. The molecule has 3 aromatic rings. The molecule has 10 nitrogen and oxygen atoms in total. The van der Waals surface area contributed by atoms with E-state index < -0.39 is 81.3 Å². The predicted octanol–water partition coefficient (Wildman–Crippen LogP) is 5.41. The second-order valence-electron chi connectivity index (χ2n) is 10.1. The maximum atomic E-state index is 14.0. The highest BCUT2D eigenvalue weighted by Crippen LogP contribution is 2.51. The lowest BCUT2D eigenvalue weighted by Crippen LogP contribution is -2.40. The van der Waals surface area contributed by atoms with Crippen molar-refractivity contribution in [2.45, 2.75) is 50.6 Å². The van der Waals surface area contributed by atoms with Crippen LogP contribution in [0.3, 0.4) is 0 Å². The van der Waals surface area contributed by atoms with Crippen LogP contribution in [0.15, 0.2) is 30.6 Å². The average molecular weight is 727 g/mol. The van der Waals surface area contributed by atoms with Crippen LogP contribution in [0, 0.1) is 6.92 Å². The molecule has 2 amide bonds. The molecule has 2 heterocycles. The maximum Gasteiger partial charge on any atom is 0.459 e. The number of carbonyl (C=O) groups is 2. The summed E-state index contributed by atoms with van der Waals surface area (Å²) in [5.74, 6) is -15.2. The smallest absolute Gasteiger partial charge is 0.348 e. The van der Waals surface area contributed by atoms with Gasteiger partial charge in [-0.05, 0) is 26.0 Å². The zero-order valence-electron chi connectivity index (χ0n) is 23.9. The Morgan fingerprint density at radius 3 is 2.11 bits per heavy atom. The van der Waals surface area contributed by atoms with Gasteiger partial charge < -0.3 is 10.6 Å². The standard InChI is InChI=1S/C25H21ClF10N6O4S/c1-11(10-47(3,45)46)38-21(44)18-13(5-4-6-15(18)26)20(43)40-16-7-37-17(39-12(16)2)9-42-8-14(22(27,28)24(31,32)33)19(41-42)23(29,30)25(34,35)36/h4-8,11H,9-10H2,1-3H3,(H,38,44)(H,40,43)/t11-/m0/s1. The molecule has 0 aliphatic heterocycles. The topological polar surface area (TPSA) is 136 Å². The number of alkyl halides is 10. The minimum Gasteiger partial charge on any atom is -0.348 e. The summed E-state index contributed by atoms with van der Waals surface area (Å²) in [6.45, 7) is 1.56. The first-order valence-corrected chi connectivity index (χ1v) is 15.1. The Hall–Kier alpha value is -4.01. The number of aryl methyl sites for hydroxylation is 1. The maximum absolute atomic E-state index is 14.0. The van der Waals surface area contributed by atoms with E-state index in [1.165, 1.54) is 32.0 Å². The predicted molar refractivity (Wildman–Crippen MR) is 144 cm³/mol. The zero-order valence-corrected chi connectivity index (χ0v) is 25.4. The summed E-state index contributed by atoms with van der Waals surface area (Å²) in [5, 5.41) is 7.24. The number of rotatable bonds is 10. The number of hydrogen-bond donors (Lipinski definition) is 2. The third kappa shape index (κ3) is 8.29. The first-order chi connectivity index (χ1) is 21.3. The van der Waals surface area contributed by atoms with Gasteiger partial charge in [0.25, 0.3) is 11.8 Å². The van der Waals surface area contributed by atoms with E-state index in [-0.39, 0.29) is 38.4 Å². The fraction of sp³-hybridized carbons (Fsp3) is 0.400. The molecule has 1 aromatic carbocycles. The van der Waals surface area contributed by atoms with Crippen LogP contribution in [0.25, 0.3) is 0 Å². The van der Waals surface area contributed by atoms with Crippen molar-refractivity contribution >= 4 is 38.9 Å². The molecule has 0 spiro atoms. The van der Waals surface area contributed by atoms with E-state index in [0.29, 0.717) is 0 Å². The molecule has 258 valence electrons. The number of halogens is 11. The summed E-state index contributed by atoms with van der Waals surface area (Å²) in [7, 11) is -3.49. The first kappa shape index (κ1) is 37.4. The van der Waals surface area contributed by atoms with Crippen LogP contribution >= 0.6 is 11.6 Å². The number of benzene rings is 1. The number of anilines is 1. The SMILES string of the molecule is Cc1nc(Cn2cc(C(F)(F)C(F)(F)F)c(C(F)(F)C(F)(F)F)n2)ncc1NC(=O)c1cccc(Cl)c1C(=O)N[C@@H](C)CS(C)(=O)=O. The van der Waals surface area contributed by atoms with Crippen molar-refractivity contribution in [3.05, 3.63) is 69.5 Å². The Balaban J connectivity index is 1.91. The third-order valence-electron chi connectivity index (χ3n) is 6.11. The summed E-state index contributed by atoms with van der Waals surface area (Å²) >= 11 is 6.13. The normalized spacial score (nSPS) is 13.7. The Morgan fingerprint density at radius 1 is 0.979 bits per heavy atom. The Labute approximate surface area is 263 Å². The van der Waals surface area contributed by atoms with E-state index in [1.54, 1.807) is 0 Å². The first-order valence-electron chi connectivity index (χ1n) is 12.6. The Kier molecular flexibility index (Phi) is 10.3. The van der Waals surface area contributed by atoms with E-state index in [2.05, 4.69) is 25.7 Å². The van der Waals surface area contributed by atoms with Crippen LogP contribution in [0.1, 0.15) is 50.4 Å². The van der Waals surface area contributed by atoms with Gasteiger partial charge in [-0.1, -0.05) is 17.7 Å². The summed E-state index contributed by atoms with van der Waals surface area (Å²) in [6.07, 6.45) is -11.6. The van der Waals surface area contributed by atoms with Crippen LogP contribution in [0.5, 0.6) is 0 Å². The number of sulfone groups is 1. The van der Waals surface area contributed by atoms with Gasteiger partial charge in [-0.2, -0.15) is 49.0 Å². The fourth-order valence-electron chi connectivity index (χ4n) is 4.04. The number of nitrogens with zero attached hydrogens (tertiary/aromatic N) is 4. The van der Waals surface area contributed by atoms with Gasteiger partial charge in [0.05, 0.1) is 45.0 Å². The van der Waals surface area contributed by atoms with Gasteiger partial charge in [-0.15, -0.1) is 0 Å². The van der Waals surface area contributed by atoms with E-state index in [9.17, 15) is 61.9 Å². The average Bonchev–Trinajstić information content (AvgIpc) is 3.32. The molecule has 0 aliphatic rings. The monoisotopic (exact) mass is 726 g/mol. The molecule has 0 radical (unpaired) electrons. The summed E-state index contributed by atoms with van der Waals surface area (Å²) in [6, 6.07) is 2.91. The van der Waals surface area contributed by atoms with Crippen LogP contribution < -0.4 is 10.6 Å². The number of hydrogen-bond acceptors (Lipinski definition) is 7. The Morgan fingerprint density at radius 2 is 1.57 bits per heavy atom. The molecule has 1 atom stereocenters. The van der Waals surface area contributed by atoms with Crippen molar-refractivity contribution in [2.24, 2.45) is 0 Å². The third-order valence-corrected chi connectivity index (χ3v) is 7.53. The minimum absolute atomic E-state index is 0.0569. The number of carbonyl (C=O) groups excluding carboxylic acids is 2. The molecule has 0 saturated carbocycles. The van der Waals surface area contributed by atoms with Gasteiger partial charge in [0.1, 0.15) is 22.2 Å². The van der Waals surface area contributed by atoms with Gasteiger partial charge >= 0.3 is 24.2 Å². The molecule has 0 saturated heterocycles. The molecule has 0 aliphatic carbocycles. The second-order valence-corrected chi connectivity index (χ2v) is 12.7. The Bertz CT molecular complexity index is 1750. The highest BCUT2D eigenvalue weighted by Gasteiger charge is 2.67. The van der Waals surface area contributed by atoms with Crippen LogP contribution in [-0.4, -0.2) is 70.4 Å². The van der Waals surface area contributed by atoms with Crippen molar-refractivity contribution < 1.29 is 61.9 Å². The fourth-order valence-corrected chi connectivity index (χ4v) is 5.29. The second kappa shape index (κ2) is 12.9. The minimum atomic E-state index is -6.58. The van der Waals surface area contributed by atoms with Crippen molar-refractivity contribution in [1.29, 1.82) is 0 Å². The van der Waals surface area contributed by atoms with Gasteiger partial charge in [0.2, 0.25) is 0 Å². The molecule has 0 bridgehead atoms. The quantitative estimate of drug-likeness (QED) is 0.267. The van der Waals surface area contributed by atoms with E-state index in [0.717, 1.165) is 12.5 Å². The van der Waals surface area contributed by atoms with Gasteiger partial charge in [-0.25, -0.2) is 18.4 Å². The van der Waals surface area contributed by atoms with Crippen LogP contribution in [0.4, 0.5) is 49.6 Å².